The molecular formula is C14H16. The molecule has 0 heterocycles. The standard InChI is InChI=1S/C14H16/c1-2-3-4-5-6-8-11-14-12-9-7-10-13-14/h2,7,9-10,12-13H,1,3,6,8,11H2. The van der Waals surface area contributed by atoms with E-state index in [1.165, 1.54) is 5.56 Å². The van der Waals surface area contributed by atoms with Crippen LogP contribution in [-0.4, -0.2) is 0 Å². The molecule has 0 aliphatic carbocycles. The summed E-state index contributed by atoms with van der Waals surface area (Å²) in [6, 6.07) is 10.5. The third kappa shape index (κ3) is 4.52. The Morgan fingerprint density at radius 2 is 1.93 bits per heavy atom. The molecule has 1 rings (SSSR count). The van der Waals surface area contributed by atoms with E-state index in [4.69, 9.17) is 0 Å². The van der Waals surface area contributed by atoms with Gasteiger partial charge in [-0.15, -0.1) is 12.5 Å². The van der Waals surface area contributed by atoms with E-state index in [0.717, 1.165) is 25.7 Å². The molecule has 0 heteroatoms. The fraction of sp³-hybridized carbons (Fsp3) is 0.286. The maximum absolute atomic E-state index is 3.62. The van der Waals surface area contributed by atoms with Crippen LogP contribution in [0.2, 0.25) is 0 Å². The van der Waals surface area contributed by atoms with Crippen LogP contribution >= 0.6 is 0 Å². The topological polar surface area (TPSA) is 0 Å². The zero-order valence-corrected chi connectivity index (χ0v) is 8.50. The summed E-state index contributed by atoms with van der Waals surface area (Å²) in [5.74, 6) is 6.19. The number of hydrogen-bond acceptors (Lipinski definition) is 0. The molecule has 1 aromatic rings. The van der Waals surface area contributed by atoms with Gasteiger partial charge in [-0.25, -0.2) is 0 Å². The largest absolute Gasteiger partial charge is 0.103 e. The number of hydrogen-bond donors (Lipinski definition) is 0. The average molecular weight is 184 g/mol. The quantitative estimate of drug-likeness (QED) is 0.381. The molecule has 14 heavy (non-hydrogen) atoms. The predicted molar refractivity (Wildman–Crippen MR) is 62.0 cm³/mol. The van der Waals surface area contributed by atoms with Crippen molar-refractivity contribution < 1.29 is 0 Å². The van der Waals surface area contributed by atoms with Crippen molar-refractivity contribution >= 4 is 0 Å². The van der Waals surface area contributed by atoms with Crippen molar-refractivity contribution in [1.82, 2.24) is 0 Å². The van der Waals surface area contributed by atoms with Crippen LogP contribution in [0.25, 0.3) is 0 Å². The first kappa shape index (κ1) is 10.6. The van der Waals surface area contributed by atoms with E-state index in [0.29, 0.717) is 0 Å². The van der Waals surface area contributed by atoms with E-state index in [2.05, 4.69) is 42.7 Å². The molecule has 0 unspecified atom stereocenters. The lowest BCUT2D eigenvalue weighted by Crippen LogP contribution is -1.82. The number of allylic oxidation sites excluding steroid dienone is 1. The molecule has 0 bridgehead atoms. The second-order valence-electron chi connectivity index (χ2n) is 3.19. The molecular weight excluding hydrogens is 168 g/mol. The number of aryl methyl sites for hydroxylation is 1. The zero-order chi connectivity index (χ0) is 10.1. The van der Waals surface area contributed by atoms with Crippen LogP contribution in [0.1, 0.15) is 24.8 Å². The third-order valence-corrected chi connectivity index (χ3v) is 1.98. The summed E-state index contributed by atoms with van der Waals surface area (Å²) in [5.41, 5.74) is 1.40. The molecule has 0 aliphatic heterocycles. The predicted octanol–water partition coefficient (Wildman–Crippen LogP) is 3.59. The minimum atomic E-state index is 0.811. The highest BCUT2D eigenvalue weighted by Crippen LogP contribution is 2.03. The van der Waals surface area contributed by atoms with Crippen molar-refractivity contribution in [2.45, 2.75) is 25.7 Å². The summed E-state index contributed by atoms with van der Waals surface area (Å²) in [5, 5.41) is 0. The van der Waals surface area contributed by atoms with Gasteiger partial charge in [0.1, 0.15) is 0 Å². The Hall–Kier alpha value is -1.48. The number of rotatable bonds is 4. The second kappa shape index (κ2) is 6.97. The Labute approximate surface area is 86.7 Å². The van der Waals surface area contributed by atoms with Crippen LogP contribution in [0, 0.1) is 11.8 Å². The summed E-state index contributed by atoms with van der Waals surface area (Å²) in [4.78, 5) is 0. The third-order valence-electron chi connectivity index (χ3n) is 1.98. The molecule has 0 N–H and O–H groups in total. The Kier molecular flexibility index (Phi) is 5.28. The van der Waals surface area contributed by atoms with Crippen molar-refractivity contribution in [1.29, 1.82) is 0 Å². The van der Waals surface area contributed by atoms with Gasteiger partial charge in [-0.1, -0.05) is 42.3 Å². The van der Waals surface area contributed by atoms with Crippen molar-refractivity contribution in [2.75, 3.05) is 0 Å². The van der Waals surface area contributed by atoms with Crippen LogP contribution in [0.5, 0.6) is 0 Å². The fourth-order valence-electron chi connectivity index (χ4n) is 1.26. The van der Waals surface area contributed by atoms with Gasteiger partial charge in [0, 0.05) is 12.8 Å². The van der Waals surface area contributed by atoms with Crippen molar-refractivity contribution in [3.8, 4) is 11.8 Å². The molecule has 0 atom stereocenters. The first-order valence-electron chi connectivity index (χ1n) is 5.04. The Balaban J connectivity index is 2.17. The SMILES string of the molecule is C=CCC#CCCCc1ccccc1. The molecule has 0 saturated heterocycles. The first-order valence-corrected chi connectivity index (χ1v) is 5.04. The molecule has 0 saturated carbocycles. The molecule has 1 aromatic carbocycles. The fourth-order valence-corrected chi connectivity index (χ4v) is 1.26. The van der Waals surface area contributed by atoms with Gasteiger partial charge >= 0.3 is 0 Å². The summed E-state index contributed by atoms with van der Waals surface area (Å²) in [7, 11) is 0. The van der Waals surface area contributed by atoms with E-state index in [-0.39, 0.29) is 0 Å². The Morgan fingerprint density at radius 1 is 1.14 bits per heavy atom. The first-order chi connectivity index (χ1) is 6.93. The molecule has 0 amide bonds. The van der Waals surface area contributed by atoms with Gasteiger partial charge in [0.25, 0.3) is 0 Å². The Bertz CT molecular complexity index is 311. The number of unbranched alkanes of at least 4 members (excludes halogenated alkanes) is 1. The normalized spacial score (nSPS) is 8.86. The van der Waals surface area contributed by atoms with Crippen LogP contribution in [-0.2, 0) is 6.42 Å². The highest BCUT2D eigenvalue weighted by atomic mass is 13.9. The van der Waals surface area contributed by atoms with Crippen LogP contribution < -0.4 is 0 Å². The van der Waals surface area contributed by atoms with Gasteiger partial charge in [0.15, 0.2) is 0 Å². The molecule has 0 aromatic heterocycles. The number of benzene rings is 1. The molecule has 0 radical (unpaired) electrons. The van der Waals surface area contributed by atoms with E-state index in [1.54, 1.807) is 0 Å². The molecule has 0 fully saturated rings. The van der Waals surface area contributed by atoms with E-state index < -0.39 is 0 Å². The van der Waals surface area contributed by atoms with Crippen molar-refractivity contribution in [3.05, 3.63) is 48.6 Å². The lowest BCUT2D eigenvalue weighted by Gasteiger charge is -1.96. The minimum absolute atomic E-state index is 0.811. The van der Waals surface area contributed by atoms with Gasteiger partial charge in [-0.3, -0.25) is 0 Å². The van der Waals surface area contributed by atoms with E-state index in [1.807, 2.05) is 12.1 Å². The Morgan fingerprint density at radius 3 is 2.64 bits per heavy atom. The van der Waals surface area contributed by atoms with E-state index in [9.17, 15) is 0 Å². The second-order valence-corrected chi connectivity index (χ2v) is 3.19. The smallest absolute Gasteiger partial charge is 0.0267 e. The van der Waals surface area contributed by atoms with Crippen molar-refractivity contribution in [2.24, 2.45) is 0 Å². The molecule has 0 spiro atoms. The molecule has 72 valence electrons. The van der Waals surface area contributed by atoms with Gasteiger partial charge in [-0.2, -0.15) is 0 Å². The van der Waals surface area contributed by atoms with E-state index >= 15 is 0 Å². The molecule has 0 nitrogen and oxygen atoms in total. The lowest BCUT2D eigenvalue weighted by atomic mass is 10.1. The summed E-state index contributed by atoms with van der Waals surface area (Å²) in [6.45, 7) is 3.62. The summed E-state index contributed by atoms with van der Waals surface area (Å²) < 4.78 is 0. The lowest BCUT2D eigenvalue weighted by molar-refractivity contribution is 0.857. The molecule has 0 aliphatic rings. The highest BCUT2D eigenvalue weighted by molar-refractivity contribution is 5.15. The average Bonchev–Trinajstić information content (AvgIpc) is 2.25. The van der Waals surface area contributed by atoms with Crippen LogP contribution in [0.3, 0.4) is 0 Å². The minimum Gasteiger partial charge on any atom is -0.103 e. The monoisotopic (exact) mass is 184 g/mol. The van der Waals surface area contributed by atoms with Gasteiger partial charge < -0.3 is 0 Å². The van der Waals surface area contributed by atoms with Gasteiger partial charge in [0.05, 0.1) is 0 Å². The van der Waals surface area contributed by atoms with Crippen LogP contribution in [0.4, 0.5) is 0 Å². The maximum Gasteiger partial charge on any atom is 0.0267 e. The van der Waals surface area contributed by atoms with Gasteiger partial charge in [0.2, 0.25) is 0 Å². The maximum atomic E-state index is 3.62. The van der Waals surface area contributed by atoms with Crippen LogP contribution in [0.15, 0.2) is 43.0 Å². The van der Waals surface area contributed by atoms with Gasteiger partial charge in [-0.05, 0) is 18.4 Å². The highest BCUT2D eigenvalue weighted by Gasteiger charge is 1.88. The van der Waals surface area contributed by atoms with Crippen molar-refractivity contribution in [3.63, 3.8) is 0 Å². The zero-order valence-electron chi connectivity index (χ0n) is 8.50. The summed E-state index contributed by atoms with van der Waals surface area (Å²) in [6.07, 6.45) is 5.91. The summed E-state index contributed by atoms with van der Waals surface area (Å²) >= 11 is 0.